The molecule has 4 unspecified atom stereocenters. The Hall–Kier alpha value is -1.34. The third-order valence-corrected chi connectivity index (χ3v) is 6.86. The van der Waals surface area contributed by atoms with Gasteiger partial charge in [0.2, 0.25) is 5.91 Å². The predicted octanol–water partition coefficient (Wildman–Crippen LogP) is 1.90. The monoisotopic (exact) mass is 412 g/mol. The highest BCUT2D eigenvalue weighted by Crippen LogP contribution is 2.46. The fourth-order valence-corrected chi connectivity index (χ4v) is 6.26. The minimum absolute atomic E-state index is 0. The number of hydrogen-bond donors (Lipinski definition) is 2. The van der Waals surface area contributed by atoms with Gasteiger partial charge in [-0.1, -0.05) is 20.8 Å². The maximum Gasteiger partial charge on any atom is 0.325 e. The molecule has 0 aromatic heterocycles. The van der Waals surface area contributed by atoms with E-state index in [1.807, 2.05) is 4.90 Å². The number of nitrogens with one attached hydrogen (secondary N) is 2. The molecule has 4 atom stereocenters. The van der Waals surface area contributed by atoms with Crippen LogP contribution >= 0.6 is 12.4 Å². The summed E-state index contributed by atoms with van der Waals surface area (Å²) >= 11 is 0. The van der Waals surface area contributed by atoms with Gasteiger partial charge in [0, 0.05) is 18.6 Å². The van der Waals surface area contributed by atoms with Crippen LogP contribution in [0.5, 0.6) is 0 Å². The van der Waals surface area contributed by atoms with Crippen molar-refractivity contribution >= 4 is 30.3 Å². The summed E-state index contributed by atoms with van der Waals surface area (Å²) in [5, 5.41) is 6.35. The summed E-state index contributed by atoms with van der Waals surface area (Å²) in [6.45, 7) is 8.04. The molecule has 3 heterocycles. The van der Waals surface area contributed by atoms with Crippen molar-refractivity contribution in [3.63, 3.8) is 0 Å². The number of imide groups is 1. The number of carbonyl (C=O) groups is 3. The molecule has 7 nitrogen and oxygen atoms in total. The van der Waals surface area contributed by atoms with Gasteiger partial charge in [-0.3, -0.25) is 14.5 Å². The molecule has 0 radical (unpaired) electrons. The topological polar surface area (TPSA) is 81.8 Å². The molecule has 3 saturated heterocycles. The molecule has 1 spiro atoms. The molecule has 4 aliphatic rings. The normalized spacial score (nSPS) is 36.9. The number of rotatable bonds is 2. The van der Waals surface area contributed by atoms with Gasteiger partial charge in [0.15, 0.2) is 0 Å². The van der Waals surface area contributed by atoms with Gasteiger partial charge in [0.25, 0.3) is 5.91 Å². The SMILES string of the molecule is CC1CC(C)(C)CC2(C1)NC(=O)N(CC(=O)N1C3CCNCC1CC3)C2=O.Cl. The Morgan fingerprint density at radius 3 is 2.57 bits per heavy atom. The third kappa shape index (κ3) is 3.63. The van der Waals surface area contributed by atoms with Gasteiger partial charge in [-0.2, -0.15) is 0 Å². The Morgan fingerprint density at radius 2 is 1.86 bits per heavy atom. The fraction of sp³-hybridized carbons (Fsp3) is 0.850. The Labute approximate surface area is 173 Å². The van der Waals surface area contributed by atoms with Crippen LogP contribution < -0.4 is 10.6 Å². The second-order valence-electron chi connectivity index (χ2n) is 9.94. The standard InChI is InChI=1S/C20H32N4O3.ClH/c1-13-8-19(2,3)12-20(9-13)17(26)23(18(27)22-20)11-16(25)24-14-4-5-15(24)10-21-7-6-14;/h13-15,21H,4-12H2,1-3H3,(H,22,27);1H. The van der Waals surface area contributed by atoms with E-state index in [-0.39, 0.29) is 48.3 Å². The van der Waals surface area contributed by atoms with Crippen LogP contribution in [0, 0.1) is 11.3 Å². The number of amides is 4. The predicted molar refractivity (Wildman–Crippen MR) is 108 cm³/mol. The van der Waals surface area contributed by atoms with Crippen molar-refractivity contribution in [1.82, 2.24) is 20.4 Å². The highest BCUT2D eigenvalue weighted by Gasteiger charge is 2.56. The summed E-state index contributed by atoms with van der Waals surface area (Å²) in [7, 11) is 0. The molecule has 4 rings (SSSR count). The minimum atomic E-state index is -0.835. The average Bonchev–Trinajstić information content (AvgIpc) is 2.92. The summed E-state index contributed by atoms with van der Waals surface area (Å²) < 4.78 is 0. The van der Waals surface area contributed by atoms with E-state index >= 15 is 0 Å². The lowest BCUT2D eigenvalue weighted by atomic mass is 9.64. The molecule has 2 N–H and O–H groups in total. The molecule has 158 valence electrons. The van der Waals surface area contributed by atoms with Gasteiger partial charge < -0.3 is 15.5 Å². The number of halogens is 1. The highest BCUT2D eigenvalue weighted by atomic mass is 35.5. The smallest absolute Gasteiger partial charge is 0.325 e. The van der Waals surface area contributed by atoms with Gasteiger partial charge in [-0.25, -0.2) is 4.79 Å². The lowest BCUT2D eigenvalue weighted by Gasteiger charge is -2.43. The molecule has 4 fully saturated rings. The van der Waals surface area contributed by atoms with E-state index in [0.29, 0.717) is 18.8 Å². The number of fused-ring (bicyclic) bond motifs is 2. The number of hydrogen-bond acceptors (Lipinski definition) is 4. The van der Waals surface area contributed by atoms with Crippen LogP contribution in [0.4, 0.5) is 4.79 Å². The summed E-state index contributed by atoms with van der Waals surface area (Å²) in [5.74, 6) is 0.0665. The van der Waals surface area contributed by atoms with E-state index in [1.165, 1.54) is 4.90 Å². The molecule has 4 amide bonds. The summed E-state index contributed by atoms with van der Waals surface area (Å²) in [6, 6.07) is 0.0211. The van der Waals surface area contributed by atoms with E-state index in [0.717, 1.165) is 38.8 Å². The van der Waals surface area contributed by atoms with Crippen LogP contribution in [0.15, 0.2) is 0 Å². The Balaban J connectivity index is 0.00000225. The largest absolute Gasteiger partial charge is 0.334 e. The van der Waals surface area contributed by atoms with Gasteiger partial charge in [-0.05, 0) is 56.4 Å². The van der Waals surface area contributed by atoms with Crippen molar-refractivity contribution in [1.29, 1.82) is 0 Å². The lowest BCUT2D eigenvalue weighted by molar-refractivity contribution is -0.142. The zero-order valence-electron chi connectivity index (χ0n) is 17.1. The van der Waals surface area contributed by atoms with E-state index in [9.17, 15) is 14.4 Å². The van der Waals surface area contributed by atoms with Gasteiger partial charge in [0.1, 0.15) is 12.1 Å². The Morgan fingerprint density at radius 1 is 1.14 bits per heavy atom. The average molecular weight is 413 g/mol. The van der Waals surface area contributed by atoms with Gasteiger partial charge in [0.05, 0.1) is 0 Å². The fourth-order valence-electron chi connectivity index (χ4n) is 6.26. The van der Waals surface area contributed by atoms with Crippen molar-refractivity contribution in [3.8, 4) is 0 Å². The lowest BCUT2D eigenvalue weighted by Crippen LogP contribution is -2.54. The molecule has 0 aromatic rings. The highest BCUT2D eigenvalue weighted by molar-refractivity contribution is 6.09. The second-order valence-corrected chi connectivity index (χ2v) is 9.94. The summed E-state index contributed by atoms with van der Waals surface area (Å²) in [5.41, 5.74) is -0.839. The van der Waals surface area contributed by atoms with E-state index in [1.54, 1.807) is 0 Å². The van der Waals surface area contributed by atoms with Crippen LogP contribution in [0.2, 0.25) is 0 Å². The van der Waals surface area contributed by atoms with Crippen molar-refractivity contribution in [2.45, 2.75) is 76.9 Å². The van der Waals surface area contributed by atoms with E-state index in [2.05, 4.69) is 31.4 Å². The zero-order chi connectivity index (χ0) is 19.4. The van der Waals surface area contributed by atoms with E-state index < -0.39 is 11.6 Å². The molecular weight excluding hydrogens is 380 g/mol. The molecular formula is C20H33ClN4O3. The van der Waals surface area contributed by atoms with Crippen molar-refractivity contribution in [2.24, 2.45) is 11.3 Å². The minimum Gasteiger partial charge on any atom is -0.334 e. The molecule has 1 saturated carbocycles. The first-order valence-electron chi connectivity index (χ1n) is 10.4. The van der Waals surface area contributed by atoms with Crippen LogP contribution in [-0.4, -0.2) is 64.9 Å². The summed E-state index contributed by atoms with van der Waals surface area (Å²) in [4.78, 5) is 42.1. The molecule has 3 aliphatic heterocycles. The van der Waals surface area contributed by atoms with Crippen LogP contribution in [0.1, 0.15) is 59.3 Å². The first kappa shape index (κ1) is 21.4. The van der Waals surface area contributed by atoms with Crippen molar-refractivity contribution in [2.75, 3.05) is 19.6 Å². The second kappa shape index (κ2) is 7.48. The Kier molecular flexibility index (Phi) is 5.71. The van der Waals surface area contributed by atoms with Crippen molar-refractivity contribution in [3.05, 3.63) is 0 Å². The molecule has 0 aromatic carbocycles. The number of nitrogens with zero attached hydrogens (tertiary/aromatic N) is 2. The van der Waals surface area contributed by atoms with Crippen LogP contribution in [-0.2, 0) is 9.59 Å². The molecule has 8 heteroatoms. The Bertz CT molecular complexity index is 656. The quantitative estimate of drug-likeness (QED) is 0.678. The van der Waals surface area contributed by atoms with Crippen LogP contribution in [0.3, 0.4) is 0 Å². The zero-order valence-corrected chi connectivity index (χ0v) is 17.9. The first-order valence-corrected chi connectivity index (χ1v) is 10.4. The maximum absolute atomic E-state index is 13.3. The van der Waals surface area contributed by atoms with Crippen molar-refractivity contribution < 1.29 is 14.4 Å². The third-order valence-electron chi connectivity index (χ3n) is 6.86. The molecule has 2 bridgehead atoms. The molecule has 1 aliphatic carbocycles. The molecule has 28 heavy (non-hydrogen) atoms. The van der Waals surface area contributed by atoms with Crippen LogP contribution in [0.25, 0.3) is 0 Å². The van der Waals surface area contributed by atoms with Gasteiger partial charge >= 0.3 is 6.03 Å². The summed E-state index contributed by atoms with van der Waals surface area (Å²) in [6.07, 6.45) is 5.30. The van der Waals surface area contributed by atoms with Gasteiger partial charge in [-0.15, -0.1) is 12.4 Å². The van der Waals surface area contributed by atoms with E-state index in [4.69, 9.17) is 0 Å². The first-order chi connectivity index (χ1) is 12.7. The number of carbonyl (C=O) groups excluding carboxylic acids is 3. The maximum atomic E-state index is 13.3. The number of urea groups is 1.